The second-order valence-corrected chi connectivity index (χ2v) is 7.52. The van der Waals surface area contributed by atoms with Crippen LogP contribution in [-0.4, -0.2) is 13.2 Å². The van der Waals surface area contributed by atoms with Gasteiger partial charge in [0, 0.05) is 9.35 Å². The van der Waals surface area contributed by atoms with E-state index in [-0.39, 0.29) is 6.04 Å². The molecule has 0 aliphatic rings. The standard InChI is InChI=1S/C15H17Br2NOS/c1-3-18-14(13-9-12(16)15(17)20-13)10-6-5-7-11(8-10)19-4-2/h5-9,14,18H,3-4H2,1-2H3. The van der Waals surface area contributed by atoms with Crippen LogP contribution in [0, 0.1) is 0 Å². The summed E-state index contributed by atoms with van der Waals surface area (Å²) in [6.45, 7) is 5.72. The molecule has 2 rings (SSSR count). The van der Waals surface area contributed by atoms with Gasteiger partial charge in [0.2, 0.25) is 0 Å². The van der Waals surface area contributed by atoms with Crippen LogP contribution in [0.5, 0.6) is 5.75 Å². The fourth-order valence-electron chi connectivity index (χ4n) is 2.04. The van der Waals surface area contributed by atoms with Crippen molar-refractivity contribution in [3.8, 4) is 5.75 Å². The van der Waals surface area contributed by atoms with Crippen molar-refractivity contribution in [2.45, 2.75) is 19.9 Å². The maximum Gasteiger partial charge on any atom is 0.119 e. The Labute approximate surface area is 140 Å². The molecule has 0 fully saturated rings. The van der Waals surface area contributed by atoms with Crippen LogP contribution in [0.4, 0.5) is 0 Å². The van der Waals surface area contributed by atoms with E-state index in [0.717, 1.165) is 20.6 Å². The molecule has 0 spiro atoms. The molecule has 0 aliphatic heterocycles. The van der Waals surface area contributed by atoms with Gasteiger partial charge in [-0.2, -0.15) is 0 Å². The Bertz CT molecular complexity index is 551. The molecule has 1 atom stereocenters. The Morgan fingerprint density at radius 3 is 2.65 bits per heavy atom. The van der Waals surface area contributed by atoms with E-state index in [1.165, 1.54) is 10.4 Å². The highest BCUT2D eigenvalue weighted by Crippen LogP contribution is 2.38. The zero-order chi connectivity index (χ0) is 14.5. The molecule has 2 aromatic rings. The lowest BCUT2D eigenvalue weighted by molar-refractivity contribution is 0.339. The van der Waals surface area contributed by atoms with Crippen LogP contribution >= 0.6 is 43.2 Å². The Hall–Kier alpha value is -0.360. The van der Waals surface area contributed by atoms with Crippen LogP contribution in [0.2, 0.25) is 0 Å². The normalized spacial score (nSPS) is 12.4. The predicted octanol–water partition coefficient (Wildman–Crippen LogP) is 5.37. The molecule has 0 radical (unpaired) electrons. The van der Waals surface area contributed by atoms with Gasteiger partial charge in [0.1, 0.15) is 5.75 Å². The maximum atomic E-state index is 5.60. The zero-order valence-corrected chi connectivity index (χ0v) is 15.4. The van der Waals surface area contributed by atoms with E-state index in [4.69, 9.17) is 4.74 Å². The number of thiophene rings is 1. The number of ether oxygens (including phenoxy) is 1. The summed E-state index contributed by atoms with van der Waals surface area (Å²) in [5, 5.41) is 3.54. The fraction of sp³-hybridized carbons (Fsp3) is 0.333. The average molecular weight is 419 g/mol. The molecule has 0 saturated heterocycles. The molecule has 0 amide bonds. The summed E-state index contributed by atoms with van der Waals surface area (Å²) < 4.78 is 7.82. The number of benzene rings is 1. The number of nitrogens with one attached hydrogen (secondary N) is 1. The van der Waals surface area contributed by atoms with Crippen molar-refractivity contribution in [3.63, 3.8) is 0 Å². The van der Waals surface area contributed by atoms with Gasteiger partial charge in [-0.15, -0.1) is 11.3 Å². The topological polar surface area (TPSA) is 21.3 Å². The highest BCUT2D eigenvalue weighted by Gasteiger charge is 2.17. The van der Waals surface area contributed by atoms with E-state index in [9.17, 15) is 0 Å². The quantitative estimate of drug-likeness (QED) is 0.680. The fourth-order valence-corrected chi connectivity index (χ4v) is 4.24. The second-order valence-electron chi connectivity index (χ2n) is 4.27. The number of hydrogen-bond donors (Lipinski definition) is 1. The van der Waals surface area contributed by atoms with Gasteiger partial charge in [-0.25, -0.2) is 0 Å². The van der Waals surface area contributed by atoms with Crippen LogP contribution in [0.1, 0.15) is 30.3 Å². The molecule has 0 aliphatic carbocycles. The summed E-state index contributed by atoms with van der Waals surface area (Å²) >= 11 is 8.87. The van der Waals surface area contributed by atoms with Crippen LogP contribution in [0.15, 0.2) is 38.6 Å². The van der Waals surface area contributed by atoms with Gasteiger partial charge in [0.05, 0.1) is 16.4 Å². The molecule has 5 heteroatoms. The Morgan fingerprint density at radius 2 is 2.05 bits per heavy atom. The highest BCUT2D eigenvalue weighted by molar-refractivity contribution is 9.13. The molecule has 1 heterocycles. The second kappa shape index (κ2) is 7.59. The number of halogens is 2. The van der Waals surface area contributed by atoms with Crippen LogP contribution in [0.25, 0.3) is 0 Å². The molecule has 0 bridgehead atoms. The summed E-state index contributed by atoms with van der Waals surface area (Å²) in [6, 6.07) is 10.6. The van der Waals surface area contributed by atoms with E-state index >= 15 is 0 Å². The van der Waals surface area contributed by atoms with Gasteiger partial charge in [-0.05, 0) is 69.1 Å². The number of hydrogen-bond acceptors (Lipinski definition) is 3. The lowest BCUT2D eigenvalue weighted by Gasteiger charge is -2.17. The van der Waals surface area contributed by atoms with E-state index in [2.05, 4.69) is 62.3 Å². The Morgan fingerprint density at radius 1 is 1.25 bits per heavy atom. The van der Waals surface area contributed by atoms with Crippen LogP contribution in [0.3, 0.4) is 0 Å². The first kappa shape index (κ1) is 16.0. The van der Waals surface area contributed by atoms with Crippen molar-refractivity contribution in [1.29, 1.82) is 0 Å². The first-order valence-corrected chi connectivity index (χ1v) is 8.96. The minimum absolute atomic E-state index is 0.188. The van der Waals surface area contributed by atoms with Crippen molar-refractivity contribution < 1.29 is 4.74 Å². The lowest BCUT2D eigenvalue weighted by Crippen LogP contribution is -2.21. The van der Waals surface area contributed by atoms with Crippen molar-refractivity contribution in [2.75, 3.05) is 13.2 Å². The molecule has 20 heavy (non-hydrogen) atoms. The average Bonchev–Trinajstić information content (AvgIpc) is 2.76. The molecule has 2 nitrogen and oxygen atoms in total. The molecule has 1 aromatic heterocycles. The summed E-state index contributed by atoms with van der Waals surface area (Å²) in [5.41, 5.74) is 1.22. The highest BCUT2D eigenvalue weighted by atomic mass is 79.9. The third kappa shape index (κ3) is 3.85. The molecule has 0 saturated carbocycles. The molecule has 1 aromatic carbocycles. The zero-order valence-electron chi connectivity index (χ0n) is 11.5. The van der Waals surface area contributed by atoms with Gasteiger partial charge in [0.15, 0.2) is 0 Å². The van der Waals surface area contributed by atoms with Crippen molar-refractivity contribution >= 4 is 43.2 Å². The van der Waals surface area contributed by atoms with Crippen molar-refractivity contribution in [2.24, 2.45) is 0 Å². The van der Waals surface area contributed by atoms with Gasteiger partial charge in [-0.1, -0.05) is 19.1 Å². The minimum Gasteiger partial charge on any atom is -0.494 e. The Kier molecular flexibility index (Phi) is 6.08. The van der Waals surface area contributed by atoms with Crippen LogP contribution < -0.4 is 10.1 Å². The van der Waals surface area contributed by atoms with Gasteiger partial charge in [-0.3, -0.25) is 0 Å². The van der Waals surface area contributed by atoms with E-state index < -0.39 is 0 Å². The smallest absolute Gasteiger partial charge is 0.119 e. The summed E-state index contributed by atoms with van der Waals surface area (Å²) in [7, 11) is 0. The van der Waals surface area contributed by atoms with Gasteiger partial charge in [0.25, 0.3) is 0 Å². The van der Waals surface area contributed by atoms with E-state index in [1.54, 1.807) is 11.3 Å². The minimum atomic E-state index is 0.188. The summed E-state index contributed by atoms with van der Waals surface area (Å²) in [5.74, 6) is 0.919. The molecule has 1 N–H and O–H groups in total. The Balaban J connectivity index is 2.34. The molecular formula is C15H17Br2NOS. The molecular weight excluding hydrogens is 402 g/mol. The maximum absolute atomic E-state index is 5.60. The van der Waals surface area contributed by atoms with Gasteiger partial charge < -0.3 is 10.1 Å². The van der Waals surface area contributed by atoms with Crippen LogP contribution in [-0.2, 0) is 0 Å². The van der Waals surface area contributed by atoms with Gasteiger partial charge >= 0.3 is 0 Å². The summed E-state index contributed by atoms with van der Waals surface area (Å²) in [4.78, 5) is 1.28. The lowest BCUT2D eigenvalue weighted by atomic mass is 10.1. The van der Waals surface area contributed by atoms with Crippen molar-refractivity contribution in [1.82, 2.24) is 5.32 Å². The van der Waals surface area contributed by atoms with Crippen molar-refractivity contribution in [3.05, 3.63) is 49.0 Å². The predicted molar refractivity (Wildman–Crippen MR) is 92.8 cm³/mol. The monoisotopic (exact) mass is 417 g/mol. The van der Waals surface area contributed by atoms with E-state index in [1.807, 2.05) is 19.1 Å². The molecule has 108 valence electrons. The first-order valence-electron chi connectivity index (χ1n) is 6.56. The third-order valence-electron chi connectivity index (χ3n) is 2.86. The number of rotatable bonds is 6. The summed E-state index contributed by atoms with van der Waals surface area (Å²) in [6.07, 6.45) is 0. The largest absolute Gasteiger partial charge is 0.494 e. The first-order chi connectivity index (χ1) is 9.65. The third-order valence-corrected chi connectivity index (χ3v) is 6.18. The SMILES string of the molecule is CCNC(c1cccc(OCC)c1)c1cc(Br)c(Br)s1. The molecule has 1 unspecified atom stereocenters. The van der Waals surface area contributed by atoms with E-state index in [0.29, 0.717) is 6.61 Å².